The lowest BCUT2D eigenvalue weighted by Gasteiger charge is -2.34. The van der Waals surface area contributed by atoms with Gasteiger partial charge in [0, 0.05) is 51.0 Å². The number of anilines is 2. The molecule has 0 atom stereocenters. The summed E-state index contributed by atoms with van der Waals surface area (Å²) in [5, 5.41) is 0. The SMILES string of the molecule is Cc1cc(N2CCN(S(=O)(=O)c3ccc(Br)s3)CC2)nc(N2CCCC2)n1. The molecule has 2 aliphatic rings. The van der Waals surface area contributed by atoms with Crippen molar-refractivity contribution in [2.75, 3.05) is 49.1 Å². The quantitative estimate of drug-likeness (QED) is 0.682. The van der Waals surface area contributed by atoms with E-state index in [1.54, 1.807) is 16.4 Å². The van der Waals surface area contributed by atoms with Crippen LogP contribution in [-0.2, 0) is 10.0 Å². The summed E-state index contributed by atoms with van der Waals surface area (Å²) in [6.07, 6.45) is 2.37. The molecule has 0 N–H and O–H groups in total. The van der Waals surface area contributed by atoms with E-state index in [2.05, 4.69) is 30.7 Å². The normalized spacial score (nSPS) is 19.0. The molecule has 146 valence electrons. The largest absolute Gasteiger partial charge is 0.354 e. The maximum absolute atomic E-state index is 12.8. The molecule has 0 aliphatic carbocycles. The number of hydrogen-bond donors (Lipinski definition) is 0. The highest BCUT2D eigenvalue weighted by Gasteiger charge is 2.30. The monoisotopic (exact) mass is 471 g/mol. The van der Waals surface area contributed by atoms with E-state index in [4.69, 9.17) is 4.98 Å². The number of thiophene rings is 1. The summed E-state index contributed by atoms with van der Waals surface area (Å²) in [5.74, 6) is 1.68. The molecule has 27 heavy (non-hydrogen) atoms. The molecule has 4 heterocycles. The maximum atomic E-state index is 12.8. The van der Waals surface area contributed by atoms with Crippen molar-refractivity contribution in [3.05, 3.63) is 27.7 Å². The van der Waals surface area contributed by atoms with E-state index in [1.807, 2.05) is 13.0 Å². The van der Waals surface area contributed by atoms with Crippen molar-refractivity contribution in [1.82, 2.24) is 14.3 Å². The molecule has 0 saturated carbocycles. The Kier molecular flexibility index (Phi) is 5.41. The summed E-state index contributed by atoms with van der Waals surface area (Å²) >= 11 is 4.59. The Morgan fingerprint density at radius 2 is 1.70 bits per heavy atom. The predicted molar refractivity (Wildman–Crippen MR) is 111 cm³/mol. The molecule has 0 amide bonds. The van der Waals surface area contributed by atoms with Gasteiger partial charge in [0.2, 0.25) is 5.95 Å². The molecule has 2 aromatic heterocycles. The Balaban J connectivity index is 1.48. The summed E-state index contributed by atoms with van der Waals surface area (Å²) in [4.78, 5) is 13.7. The summed E-state index contributed by atoms with van der Waals surface area (Å²) in [7, 11) is -3.42. The van der Waals surface area contributed by atoms with Crippen LogP contribution in [0.4, 0.5) is 11.8 Å². The molecule has 7 nitrogen and oxygen atoms in total. The van der Waals surface area contributed by atoms with Crippen molar-refractivity contribution in [3.63, 3.8) is 0 Å². The van der Waals surface area contributed by atoms with Crippen LogP contribution in [0.3, 0.4) is 0 Å². The van der Waals surface area contributed by atoms with Crippen molar-refractivity contribution in [2.24, 2.45) is 0 Å². The van der Waals surface area contributed by atoms with Crippen LogP contribution in [0.1, 0.15) is 18.5 Å². The predicted octanol–water partition coefficient (Wildman–Crippen LogP) is 2.72. The summed E-state index contributed by atoms with van der Waals surface area (Å²) in [6.45, 7) is 6.17. The molecule has 0 unspecified atom stereocenters. The second kappa shape index (κ2) is 7.65. The first-order valence-corrected chi connectivity index (χ1v) is 12.1. The lowest BCUT2D eigenvalue weighted by atomic mass is 10.3. The zero-order valence-corrected chi connectivity index (χ0v) is 18.4. The van der Waals surface area contributed by atoms with Gasteiger partial charge >= 0.3 is 0 Å². The number of aromatic nitrogens is 2. The first-order valence-electron chi connectivity index (χ1n) is 9.04. The zero-order chi connectivity index (χ0) is 19.0. The van der Waals surface area contributed by atoms with Crippen LogP contribution in [0, 0.1) is 6.92 Å². The second-order valence-corrected chi connectivity index (χ2v) is 11.4. The van der Waals surface area contributed by atoms with E-state index in [-0.39, 0.29) is 0 Å². The molecule has 0 bridgehead atoms. The highest BCUT2D eigenvalue weighted by atomic mass is 79.9. The first kappa shape index (κ1) is 19.1. The van der Waals surface area contributed by atoms with Gasteiger partial charge < -0.3 is 9.80 Å². The third-order valence-electron chi connectivity index (χ3n) is 4.92. The molecular weight excluding hydrogens is 450 g/mol. The van der Waals surface area contributed by atoms with Crippen LogP contribution in [0.25, 0.3) is 0 Å². The van der Waals surface area contributed by atoms with E-state index >= 15 is 0 Å². The van der Waals surface area contributed by atoms with E-state index in [1.165, 1.54) is 24.2 Å². The average Bonchev–Trinajstić information content (AvgIpc) is 3.33. The number of sulfonamides is 1. The number of rotatable bonds is 4. The van der Waals surface area contributed by atoms with Gasteiger partial charge in [-0.1, -0.05) is 0 Å². The summed E-state index contributed by atoms with van der Waals surface area (Å²) in [6, 6.07) is 5.42. The van der Waals surface area contributed by atoms with Gasteiger partial charge in [-0.05, 0) is 47.8 Å². The molecule has 0 aromatic carbocycles. The third kappa shape index (κ3) is 3.98. The van der Waals surface area contributed by atoms with Crippen LogP contribution < -0.4 is 9.80 Å². The Bertz CT molecular complexity index is 919. The minimum atomic E-state index is -3.42. The van der Waals surface area contributed by atoms with Crippen molar-refractivity contribution < 1.29 is 8.42 Å². The molecular formula is C17H22BrN5O2S2. The van der Waals surface area contributed by atoms with E-state index in [0.29, 0.717) is 30.4 Å². The highest BCUT2D eigenvalue weighted by molar-refractivity contribution is 9.11. The Morgan fingerprint density at radius 1 is 1.00 bits per heavy atom. The third-order valence-corrected chi connectivity index (χ3v) is 8.91. The van der Waals surface area contributed by atoms with Crippen LogP contribution in [0.2, 0.25) is 0 Å². The smallest absolute Gasteiger partial charge is 0.252 e. The fourth-order valence-electron chi connectivity index (χ4n) is 3.48. The molecule has 10 heteroatoms. The topological polar surface area (TPSA) is 69.6 Å². The Hall–Kier alpha value is -1.23. The van der Waals surface area contributed by atoms with Gasteiger partial charge in [-0.2, -0.15) is 9.29 Å². The fraction of sp³-hybridized carbons (Fsp3) is 0.529. The molecule has 2 saturated heterocycles. The van der Waals surface area contributed by atoms with Gasteiger partial charge in [0.25, 0.3) is 10.0 Å². The van der Waals surface area contributed by atoms with E-state index in [0.717, 1.165) is 34.3 Å². The Labute approximate surface area is 172 Å². The minimum Gasteiger partial charge on any atom is -0.354 e. The second-order valence-electron chi connectivity index (χ2n) is 6.81. The lowest BCUT2D eigenvalue weighted by Crippen LogP contribution is -2.48. The van der Waals surface area contributed by atoms with Crippen molar-refractivity contribution in [1.29, 1.82) is 0 Å². The van der Waals surface area contributed by atoms with Gasteiger partial charge in [-0.3, -0.25) is 0 Å². The van der Waals surface area contributed by atoms with E-state index in [9.17, 15) is 8.42 Å². The number of piperazine rings is 1. The Morgan fingerprint density at radius 3 is 2.33 bits per heavy atom. The van der Waals surface area contributed by atoms with Gasteiger partial charge in [-0.15, -0.1) is 11.3 Å². The zero-order valence-electron chi connectivity index (χ0n) is 15.1. The molecule has 2 aliphatic heterocycles. The van der Waals surface area contributed by atoms with Gasteiger partial charge in [0.15, 0.2) is 0 Å². The van der Waals surface area contributed by atoms with Gasteiger partial charge in [0.05, 0.1) is 3.79 Å². The molecule has 4 rings (SSSR count). The molecule has 0 spiro atoms. The number of halogens is 1. The highest BCUT2D eigenvalue weighted by Crippen LogP contribution is 2.29. The maximum Gasteiger partial charge on any atom is 0.252 e. The lowest BCUT2D eigenvalue weighted by molar-refractivity contribution is 0.384. The van der Waals surface area contributed by atoms with E-state index < -0.39 is 10.0 Å². The van der Waals surface area contributed by atoms with Crippen molar-refractivity contribution in [3.8, 4) is 0 Å². The number of nitrogens with zero attached hydrogens (tertiary/aromatic N) is 5. The number of aryl methyl sites for hydroxylation is 1. The average molecular weight is 472 g/mol. The van der Waals surface area contributed by atoms with Gasteiger partial charge in [0.1, 0.15) is 10.0 Å². The van der Waals surface area contributed by atoms with Gasteiger partial charge in [-0.25, -0.2) is 13.4 Å². The van der Waals surface area contributed by atoms with Crippen LogP contribution in [-0.4, -0.2) is 62.0 Å². The molecule has 0 radical (unpaired) electrons. The van der Waals surface area contributed by atoms with Crippen molar-refractivity contribution in [2.45, 2.75) is 24.0 Å². The van der Waals surface area contributed by atoms with Crippen LogP contribution in [0.15, 0.2) is 26.2 Å². The molecule has 2 fully saturated rings. The van der Waals surface area contributed by atoms with Crippen LogP contribution in [0.5, 0.6) is 0 Å². The summed E-state index contributed by atoms with van der Waals surface area (Å²) in [5.41, 5.74) is 0.945. The van der Waals surface area contributed by atoms with Crippen LogP contribution >= 0.6 is 27.3 Å². The van der Waals surface area contributed by atoms with Crippen molar-refractivity contribution >= 4 is 49.1 Å². The number of hydrogen-bond acceptors (Lipinski definition) is 7. The molecule has 2 aromatic rings. The standard InChI is InChI=1S/C17H22BrN5O2S2/c1-13-12-15(20-17(19-13)22-6-2-3-7-22)21-8-10-23(11-9-21)27(24,25)16-5-4-14(18)26-16/h4-5,12H,2-3,6-11H2,1H3. The summed E-state index contributed by atoms with van der Waals surface area (Å²) < 4.78 is 28.4. The first-order chi connectivity index (χ1) is 12.9. The minimum absolute atomic E-state index is 0.386. The fourth-order valence-corrected chi connectivity index (χ4v) is 7.06.